The zero-order valence-electron chi connectivity index (χ0n) is 17.7. The Kier molecular flexibility index (Phi) is 6.54. The van der Waals surface area contributed by atoms with Crippen LogP contribution < -0.4 is 4.74 Å². The Morgan fingerprint density at radius 2 is 1.66 bits per heavy atom. The van der Waals surface area contributed by atoms with Crippen molar-refractivity contribution in [3.63, 3.8) is 0 Å². The number of ketones is 1. The number of carbonyl (C=O) groups is 1. The maximum absolute atomic E-state index is 13.4. The van der Waals surface area contributed by atoms with Crippen molar-refractivity contribution in [1.82, 2.24) is 0 Å². The molecule has 0 amide bonds. The number of hydrogen-bond acceptors (Lipinski definition) is 3. The SMILES string of the molecule is COc1ccc([C@H](CC(=O)c2ccc3ccccc3c2)[C@@H](C#N)c2ccccc2)c(Cl)c1. The number of ether oxygens (including phenoxy) is 1. The number of rotatable bonds is 7. The van der Waals surface area contributed by atoms with Crippen LogP contribution in [-0.4, -0.2) is 12.9 Å². The van der Waals surface area contributed by atoms with Crippen LogP contribution in [0.2, 0.25) is 5.02 Å². The van der Waals surface area contributed by atoms with Gasteiger partial charge in [0.1, 0.15) is 5.75 Å². The fourth-order valence-electron chi connectivity index (χ4n) is 4.08. The van der Waals surface area contributed by atoms with Crippen molar-refractivity contribution in [2.24, 2.45) is 0 Å². The predicted molar refractivity (Wildman–Crippen MR) is 128 cm³/mol. The van der Waals surface area contributed by atoms with Gasteiger partial charge >= 0.3 is 0 Å². The summed E-state index contributed by atoms with van der Waals surface area (Å²) in [6, 6.07) is 31.0. The first-order chi connectivity index (χ1) is 15.6. The normalized spacial score (nSPS) is 12.7. The lowest BCUT2D eigenvalue weighted by molar-refractivity contribution is 0.0972. The molecule has 0 bridgehead atoms. The van der Waals surface area contributed by atoms with Crippen molar-refractivity contribution < 1.29 is 9.53 Å². The fraction of sp³-hybridized carbons (Fsp3) is 0.143. The summed E-state index contributed by atoms with van der Waals surface area (Å²) in [5, 5.41) is 12.7. The third-order valence-electron chi connectivity index (χ3n) is 5.78. The monoisotopic (exact) mass is 439 g/mol. The molecule has 3 nitrogen and oxygen atoms in total. The fourth-order valence-corrected chi connectivity index (χ4v) is 4.39. The number of nitrogens with zero attached hydrogens (tertiary/aromatic N) is 1. The van der Waals surface area contributed by atoms with Gasteiger partial charge in [-0.05, 0) is 40.1 Å². The molecule has 0 fully saturated rings. The number of methoxy groups -OCH3 is 1. The zero-order chi connectivity index (χ0) is 22.5. The van der Waals surface area contributed by atoms with E-state index in [1.54, 1.807) is 13.2 Å². The number of nitriles is 1. The van der Waals surface area contributed by atoms with Gasteiger partial charge in [0.05, 0.1) is 19.1 Å². The Hall–Kier alpha value is -3.61. The number of carbonyl (C=O) groups excluding carboxylic acids is 1. The Morgan fingerprint density at radius 3 is 2.34 bits per heavy atom. The molecule has 0 aromatic heterocycles. The van der Waals surface area contributed by atoms with Gasteiger partial charge in [0.2, 0.25) is 0 Å². The molecule has 4 aromatic rings. The molecule has 158 valence electrons. The quantitative estimate of drug-likeness (QED) is 0.287. The summed E-state index contributed by atoms with van der Waals surface area (Å²) >= 11 is 6.60. The van der Waals surface area contributed by atoms with Crippen LogP contribution in [0.4, 0.5) is 0 Å². The highest BCUT2D eigenvalue weighted by Gasteiger charge is 2.29. The number of fused-ring (bicyclic) bond motifs is 1. The van der Waals surface area contributed by atoms with Crippen molar-refractivity contribution in [2.45, 2.75) is 18.3 Å². The zero-order valence-corrected chi connectivity index (χ0v) is 18.4. The number of hydrogen-bond donors (Lipinski definition) is 0. The molecule has 2 atom stereocenters. The van der Waals surface area contributed by atoms with Gasteiger partial charge in [0, 0.05) is 22.9 Å². The molecular formula is C28H22ClNO2. The molecule has 0 heterocycles. The Morgan fingerprint density at radius 1 is 0.938 bits per heavy atom. The number of Topliss-reactive ketones (excluding diaryl/α,β-unsaturated/α-hetero) is 1. The van der Waals surface area contributed by atoms with Crippen molar-refractivity contribution in [3.05, 3.63) is 113 Å². The van der Waals surface area contributed by atoms with Gasteiger partial charge in [0.15, 0.2) is 5.78 Å². The van der Waals surface area contributed by atoms with E-state index < -0.39 is 11.8 Å². The molecule has 32 heavy (non-hydrogen) atoms. The first-order valence-electron chi connectivity index (χ1n) is 10.4. The molecular weight excluding hydrogens is 418 g/mol. The summed E-state index contributed by atoms with van der Waals surface area (Å²) in [7, 11) is 1.58. The van der Waals surface area contributed by atoms with Gasteiger partial charge in [-0.25, -0.2) is 0 Å². The summed E-state index contributed by atoms with van der Waals surface area (Å²) in [6.07, 6.45) is 0.164. The summed E-state index contributed by atoms with van der Waals surface area (Å²) in [6.45, 7) is 0. The second-order valence-electron chi connectivity index (χ2n) is 7.70. The maximum atomic E-state index is 13.4. The highest BCUT2D eigenvalue weighted by Crippen LogP contribution is 2.40. The summed E-state index contributed by atoms with van der Waals surface area (Å²) in [5.41, 5.74) is 2.25. The average molecular weight is 440 g/mol. The van der Waals surface area contributed by atoms with Crippen LogP contribution in [0.3, 0.4) is 0 Å². The van der Waals surface area contributed by atoms with E-state index in [1.165, 1.54) is 0 Å². The maximum Gasteiger partial charge on any atom is 0.163 e. The second-order valence-corrected chi connectivity index (χ2v) is 8.11. The smallest absolute Gasteiger partial charge is 0.163 e. The van der Waals surface area contributed by atoms with Crippen LogP contribution in [0.25, 0.3) is 10.8 Å². The third-order valence-corrected chi connectivity index (χ3v) is 6.11. The average Bonchev–Trinajstić information content (AvgIpc) is 2.84. The molecule has 0 spiro atoms. The van der Waals surface area contributed by atoms with E-state index in [2.05, 4.69) is 6.07 Å². The molecule has 0 saturated carbocycles. The Balaban J connectivity index is 1.74. The van der Waals surface area contributed by atoms with Crippen molar-refractivity contribution in [2.75, 3.05) is 7.11 Å². The minimum absolute atomic E-state index is 0.0242. The number of benzene rings is 4. The largest absolute Gasteiger partial charge is 0.497 e. The van der Waals surface area contributed by atoms with E-state index in [9.17, 15) is 10.1 Å². The third kappa shape index (κ3) is 4.51. The molecule has 0 N–H and O–H groups in total. The van der Waals surface area contributed by atoms with Crippen LogP contribution in [0, 0.1) is 11.3 Å². The summed E-state index contributed by atoms with van der Waals surface area (Å²) in [5.74, 6) is -0.318. The lowest BCUT2D eigenvalue weighted by atomic mass is 9.78. The van der Waals surface area contributed by atoms with E-state index in [0.717, 1.165) is 21.9 Å². The molecule has 4 heteroatoms. The van der Waals surface area contributed by atoms with Crippen molar-refractivity contribution >= 4 is 28.2 Å². The minimum atomic E-state index is -0.522. The summed E-state index contributed by atoms with van der Waals surface area (Å²) in [4.78, 5) is 13.4. The molecule has 0 aliphatic carbocycles. The van der Waals surface area contributed by atoms with E-state index in [-0.39, 0.29) is 12.2 Å². The van der Waals surface area contributed by atoms with E-state index >= 15 is 0 Å². The van der Waals surface area contributed by atoms with E-state index in [0.29, 0.717) is 16.3 Å². The standard InChI is InChI=1S/C28H22ClNO2/c1-32-23-13-14-24(27(29)16-23)25(26(18-30)20-8-3-2-4-9-20)17-28(31)22-12-11-19-7-5-6-10-21(19)15-22/h2-16,25-26H,17H2,1H3/t25-,26-/m0/s1. The van der Waals surface area contributed by atoms with E-state index in [1.807, 2.05) is 84.9 Å². The van der Waals surface area contributed by atoms with Crippen LogP contribution in [0.5, 0.6) is 5.75 Å². The van der Waals surface area contributed by atoms with Gasteiger partial charge in [-0.3, -0.25) is 4.79 Å². The first-order valence-corrected chi connectivity index (χ1v) is 10.8. The van der Waals surface area contributed by atoms with Crippen LogP contribution in [0.1, 0.15) is 39.7 Å². The van der Waals surface area contributed by atoms with Gasteiger partial charge in [0.25, 0.3) is 0 Å². The topological polar surface area (TPSA) is 50.1 Å². The Bertz CT molecular complexity index is 1290. The molecule has 0 aliphatic heterocycles. The molecule has 0 aliphatic rings. The van der Waals surface area contributed by atoms with Gasteiger partial charge in [-0.15, -0.1) is 0 Å². The van der Waals surface area contributed by atoms with E-state index in [4.69, 9.17) is 16.3 Å². The highest BCUT2D eigenvalue weighted by atomic mass is 35.5. The lowest BCUT2D eigenvalue weighted by Crippen LogP contribution is -2.15. The van der Waals surface area contributed by atoms with Gasteiger partial charge in [-0.2, -0.15) is 5.26 Å². The Labute approximate surface area is 192 Å². The van der Waals surface area contributed by atoms with Gasteiger partial charge in [-0.1, -0.05) is 84.4 Å². The molecule has 0 saturated heterocycles. The van der Waals surface area contributed by atoms with Crippen molar-refractivity contribution in [3.8, 4) is 11.8 Å². The predicted octanol–water partition coefficient (Wildman–Crippen LogP) is 7.17. The van der Waals surface area contributed by atoms with Gasteiger partial charge < -0.3 is 4.74 Å². The molecule has 0 radical (unpaired) electrons. The molecule has 4 aromatic carbocycles. The van der Waals surface area contributed by atoms with Crippen LogP contribution in [0.15, 0.2) is 91.0 Å². The number of halogens is 1. The lowest BCUT2D eigenvalue weighted by Gasteiger charge is -2.24. The van der Waals surface area contributed by atoms with Crippen molar-refractivity contribution in [1.29, 1.82) is 5.26 Å². The van der Waals surface area contributed by atoms with Crippen LogP contribution >= 0.6 is 11.6 Å². The van der Waals surface area contributed by atoms with Crippen LogP contribution in [-0.2, 0) is 0 Å². The molecule has 4 rings (SSSR count). The minimum Gasteiger partial charge on any atom is -0.497 e. The molecule has 0 unspecified atom stereocenters. The summed E-state index contributed by atoms with van der Waals surface area (Å²) < 4.78 is 5.28. The second kappa shape index (κ2) is 9.68. The first kappa shape index (κ1) is 21.6. The highest BCUT2D eigenvalue weighted by molar-refractivity contribution is 6.31.